The van der Waals surface area contributed by atoms with Gasteiger partial charge in [0, 0.05) is 23.5 Å². The number of aromatic nitrogens is 4. The summed E-state index contributed by atoms with van der Waals surface area (Å²) in [4.78, 5) is 26.9. The maximum Gasteiger partial charge on any atom is 0.270 e. The number of amides is 2. The summed E-state index contributed by atoms with van der Waals surface area (Å²) in [6, 6.07) is 8.63. The molecule has 4 N–H and O–H groups in total. The van der Waals surface area contributed by atoms with Gasteiger partial charge in [0.05, 0.1) is 18.0 Å². The number of nitrogens with zero attached hydrogens (tertiary/aromatic N) is 3. The maximum absolute atomic E-state index is 13.6. The van der Waals surface area contributed by atoms with Crippen LogP contribution in [0, 0.1) is 24.7 Å². The summed E-state index contributed by atoms with van der Waals surface area (Å²) in [7, 11) is 0. The molecule has 0 bridgehead atoms. The molecule has 0 radical (unpaired) electrons. The molecule has 2 amide bonds. The molecule has 1 atom stereocenters. The van der Waals surface area contributed by atoms with E-state index in [1.165, 1.54) is 0 Å². The van der Waals surface area contributed by atoms with Crippen molar-refractivity contribution >= 4 is 17.5 Å². The van der Waals surface area contributed by atoms with Gasteiger partial charge in [-0.1, -0.05) is 12.1 Å². The van der Waals surface area contributed by atoms with Crippen LogP contribution in [0.4, 0.5) is 5.69 Å². The molecule has 2 aliphatic carbocycles. The lowest BCUT2D eigenvalue weighted by Gasteiger charge is -2.28. The van der Waals surface area contributed by atoms with Crippen molar-refractivity contribution in [2.75, 3.05) is 5.32 Å². The largest absolute Gasteiger partial charge is 0.390 e. The topological polar surface area (TPSA) is 125 Å². The van der Waals surface area contributed by atoms with Gasteiger partial charge in [0.1, 0.15) is 11.7 Å². The Labute approximate surface area is 210 Å². The molecule has 2 heterocycles. The molecule has 9 heteroatoms. The zero-order valence-corrected chi connectivity index (χ0v) is 21.0. The first-order valence-electron chi connectivity index (χ1n) is 12.8. The van der Waals surface area contributed by atoms with Crippen molar-refractivity contribution in [3.63, 3.8) is 0 Å². The van der Waals surface area contributed by atoms with E-state index in [9.17, 15) is 14.7 Å². The highest BCUT2D eigenvalue weighted by Crippen LogP contribution is 2.51. The van der Waals surface area contributed by atoms with Crippen LogP contribution in [0.5, 0.6) is 0 Å². The summed E-state index contributed by atoms with van der Waals surface area (Å²) in [5.74, 6) is 0.643. The summed E-state index contributed by atoms with van der Waals surface area (Å²) < 4.78 is 1.69. The summed E-state index contributed by atoms with van der Waals surface area (Å²) in [5.41, 5.74) is 4.36. The van der Waals surface area contributed by atoms with Crippen LogP contribution in [0.1, 0.15) is 67.4 Å². The fourth-order valence-corrected chi connectivity index (χ4v) is 5.27. The summed E-state index contributed by atoms with van der Waals surface area (Å²) in [6.07, 6.45) is 6.05. The minimum Gasteiger partial charge on any atom is -0.390 e. The Balaban J connectivity index is 1.36. The van der Waals surface area contributed by atoms with E-state index in [1.807, 2.05) is 45.0 Å². The molecule has 1 aromatic carbocycles. The second kappa shape index (κ2) is 9.89. The molecule has 2 saturated carbocycles. The summed E-state index contributed by atoms with van der Waals surface area (Å²) in [6.45, 7) is 5.71. The molecule has 36 heavy (non-hydrogen) atoms. The van der Waals surface area contributed by atoms with Gasteiger partial charge < -0.3 is 15.7 Å². The van der Waals surface area contributed by atoms with E-state index < -0.39 is 6.04 Å². The lowest BCUT2D eigenvalue weighted by atomic mass is 9.88. The number of hydrogen-bond donors (Lipinski definition) is 4. The monoisotopic (exact) mass is 490 g/mol. The van der Waals surface area contributed by atoms with Crippen molar-refractivity contribution in [2.24, 2.45) is 17.8 Å². The van der Waals surface area contributed by atoms with Crippen LogP contribution < -0.4 is 10.6 Å². The molecule has 0 saturated heterocycles. The Morgan fingerprint density at radius 2 is 1.78 bits per heavy atom. The molecule has 190 valence electrons. The van der Waals surface area contributed by atoms with Crippen molar-refractivity contribution in [3.05, 3.63) is 53.6 Å². The molecule has 2 aromatic heterocycles. The van der Waals surface area contributed by atoms with Crippen molar-refractivity contribution < 1.29 is 14.7 Å². The predicted molar refractivity (Wildman–Crippen MR) is 136 cm³/mol. The van der Waals surface area contributed by atoms with E-state index in [0.717, 1.165) is 42.5 Å². The standard InChI is InChI=1S/C27H34N6O3/c1-15(2)33-22(12-13-28-33)26(35)30-25(24(18-4-5-18)19-6-7-19)27(36)29-20-10-8-17(9-11-20)23-16(3)31-32-21(23)14-34/h8-13,15,18-19,24-25,34H,4-7,14H2,1-3H3,(H,29,36)(H,30,35)(H,31,32). The van der Waals surface area contributed by atoms with E-state index in [2.05, 4.69) is 25.9 Å². The number of aryl methyl sites for hydroxylation is 1. The predicted octanol–water partition coefficient (Wildman–Crippen LogP) is 3.83. The third-order valence-corrected chi connectivity index (χ3v) is 7.30. The SMILES string of the molecule is Cc1n[nH]c(CO)c1-c1ccc(NC(=O)C(NC(=O)c2ccnn2C(C)C)C(C2CC2)C2CC2)cc1. The number of anilines is 1. The van der Waals surface area contributed by atoms with E-state index >= 15 is 0 Å². The smallest absolute Gasteiger partial charge is 0.270 e. The Kier molecular flexibility index (Phi) is 6.66. The van der Waals surface area contributed by atoms with Gasteiger partial charge in [-0.25, -0.2) is 0 Å². The van der Waals surface area contributed by atoms with Crippen molar-refractivity contribution in [2.45, 2.75) is 65.1 Å². The highest BCUT2D eigenvalue weighted by molar-refractivity contribution is 6.01. The zero-order chi connectivity index (χ0) is 25.4. The van der Waals surface area contributed by atoms with Crippen LogP contribution >= 0.6 is 0 Å². The van der Waals surface area contributed by atoms with Crippen molar-refractivity contribution in [1.29, 1.82) is 0 Å². The molecular weight excluding hydrogens is 456 g/mol. The lowest BCUT2D eigenvalue weighted by molar-refractivity contribution is -0.119. The molecule has 0 spiro atoms. The highest BCUT2D eigenvalue weighted by atomic mass is 16.3. The number of aliphatic hydroxyl groups is 1. The van der Waals surface area contributed by atoms with Gasteiger partial charge in [-0.3, -0.25) is 19.4 Å². The number of benzene rings is 1. The van der Waals surface area contributed by atoms with E-state index in [1.54, 1.807) is 16.9 Å². The number of aromatic amines is 1. The molecule has 3 aromatic rings. The Hall–Kier alpha value is -3.46. The molecular formula is C27H34N6O3. The van der Waals surface area contributed by atoms with Gasteiger partial charge in [-0.15, -0.1) is 0 Å². The molecule has 5 rings (SSSR count). The van der Waals surface area contributed by atoms with Gasteiger partial charge in [0.2, 0.25) is 5.91 Å². The first-order valence-corrected chi connectivity index (χ1v) is 12.8. The van der Waals surface area contributed by atoms with Gasteiger partial charge in [-0.2, -0.15) is 10.2 Å². The first-order chi connectivity index (χ1) is 17.4. The Bertz CT molecular complexity index is 1220. The fraction of sp³-hybridized carbons (Fsp3) is 0.481. The molecule has 2 aliphatic rings. The lowest BCUT2D eigenvalue weighted by Crippen LogP contribution is -2.50. The number of aliphatic hydroxyl groups excluding tert-OH is 1. The van der Waals surface area contributed by atoms with Crippen LogP contribution in [0.25, 0.3) is 11.1 Å². The number of rotatable bonds is 10. The van der Waals surface area contributed by atoms with Gasteiger partial charge in [-0.05, 0) is 88.0 Å². The van der Waals surface area contributed by atoms with Crippen LogP contribution in [-0.2, 0) is 11.4 Å². The maximum atomic E-state index is 13.6. The van der Waals surface area contributed by atoms with Crippen LogP contribution in [0.2, 0.25) is 0 Å². The van der Waals surface area contributed by atoms with Crippen molar-refractivity contribution in [3.8, 4) is 11.1 Å². The number of nitrogens with one attached hydrogen (secondary N) is 3. The molecule has 1 unspecified atom stereocenters. The molecule has 2 fully saturated rings. The second-order valence-corrected chi connectivity index (χ2v) is 10.3. The van der Waals surface area contributed by atoms with Crippen LogP contribution in [0.3, 0.4) is 0 Å². The normalized spacial score (nSPS) is 16.4. The first kappa shape index (κ1) is 24.2. The van der Waals surface area contributed by atoms with Gasteiger partial charge in [0.25, 0.3) is 5.91 Å². The number of hydrogen-bond acceptors (Lipinski definition) is 5. The third kappa shape index (κ3) is 4.93. The van der Waals surface area contributed by atoms with E-state index in [4.69, 9.17) is 0 Å². The zero-order valence-electron chi connectivity index (χ0n) is 21.0. The van der Waals surface area contributed by atoms with Crippen LogP contribution in [-0.4, -0.2) is 42.9 Å². The minimum atomic E-state index is -0.607. The molecule has 9 nitrogen and oxygen atoms in total. The summed E-state index contributed by atoms with van der Waals surface area (Å²) in [5, 5.41) is 27.0. The van der Waals surface area contributed by atoms with E-state index in [0.29, 0.717) is 28.9 Å². The number of carbonyl (C=O) groups excluding carboxylic acids is 2. The minimum absolute atomic E-state index is 0.0411. The van der Waals surface area contributed by atoms with Crippen LogP contribution in [0.15, 0.2) is 36.5 Å². The highest BCUT2D eigenvalue weighted by Gasteiger charge is 2.48. The average molecular weight is 491 g/mol. The second-order valence-electron chi connectivity index (χ2n) is 10.3. The number of H-pyrrole nitrogens is 1. The Morgan fingerprint density at radius 1 is 1.11 bits per heavy atom. The van der Waals surface area contributed by atoms with E-state index in [-0.39, 0.29) is 30.4 Å². The van der Waals surface area contributed by atoms with Gasteiger partial charge >= 0.3 is 0 Å². The third-order valence-electron chi connectivity index (χ3n) is 7.30. The van der Waals surface area contributed by atoms with Gasteiger partial charge in [0.15, 0.2) is 0 Å². The average Bonchev–Trinajstić information content (AvgIpc) is 3.79. The van der Waals surface area contributed by atoms with Crippen molar-refractivity contribution in [1.82, 2.24) is 25.3 Å². The Morgan fingerprint density at radius 3 is 2.36 bits per heavy atom. The molecule has 0 aliphatic heterocycles. The quantitative estimate of drug-likeness (QED) is 0.344. The fourth-order valence-electron chi connectivity index (χ4n) is 5.27. The number of carbonyl (C=O) groups is 2. The summed E-state index contributed by atoms with van der Waals surface area (Å²) >= 11 is 0.